The number of aliphatic imine (C=N–C) groups is 1. The maximum Gasteiger partial charge on any atom is 0.242 e. The van der Waals surface area contributed by atoms with Crippen molar-refractivity contribution in [3.05, 3.63) is 40.1 Å². The fourth-order valence-electron chi connectivity index (χ4n) is 3.29. The first-order valence-corrected chi connectivity index (χ1v) is 10.3. The molecule has 2 aromatic rings. The Morgan fingerprint density at radius 1 is 1.24 bits per heavy atom. The summed E-state index contributed by atoms with van der Waals surface area (Å²) in [6.45, 7) is 2.95. The van der Waals surface area contributed by atoms with E-state index in [-0.39, 0.29) is 36.4 Å². The largest absolute Gasteiger partial charge is 0.490 e. The van der Waals surface area contributed by atoms with Gasteiger partial charge in [-0.3, -0.25) is 9.79 Å². The van der Waals surface area contributed by atoms with Crippen LogP contribution in [0.2, 0.25) is 0 Å². The van der Waals surface area contributed by atoms with Crippen molar-refractivity contribution in [1.29, 1.82) is 0 Å². The van der Waals surface area contributed by atoms with Crippen LogP contribution in [0.15, 0.2) is 34.6 Å². The Morgan fingerprint density at radius 3 is 2.90 bits per heavy atom. The second kappa shape index (κ2) is 10.1. The van der Waals surface area contributed by atoms with Gasteiger partial charge in [-0.1, -0.05) is 0 Å². The van der Waals surface area contributed by atoms with Crippen LogP contribution < -0.4 is 20.1 Å². The number of benzene rings is 1. The number of halogens is 1. The number of fused-ring (bicyclic) bond motifs is 2. The molecular weight excluding hydrogens is 503 g/mol. The van der Waals surface area contributed by atoms with Crippen molar-refractivity contribution < 1.29 is 14.3 Å². The summed E-state index contributed by atoms with van der Waals surface area (Å²) in [5.74, 6) is 2.07. The van der Waals surface area contributed by atoms with E-state index >= 15 is 0 Å². The zero-order chi connectivity index (χ0) is 19.3. The number of anilines is 1. The van der Waals surface area contributed by atoms with Crippen LogP contribution in [0.3, 0.4) is 0 Å². The van der Waals surface area contributed by atoms with E-state index in [2.05, 4.69) is 27.1 Å². The van der Waals surface area contributed by atoms with Crippen LogP contribution in [-0.4, -0.2) is 50.1 Å². The number of hydrogen-bond acceptors (Lipinski definition) is 5. The van der Waals surface area contributed by atoms with E-state index in [4.69, 9.17) is 9.47 Å². The van der Waals surface area contributed by atoms with E-state index in [9.17, 15) is 4.79 Å². The topological polar surface area (TPSA) is 75.2 Å². The Balaban J connectivity index is 0.00000240. The quantitative estimate of drug-likeness (QED) is 0.364. The molecule has 1 aromatic heterocycles. The van der Waals surface area contributed by atoms with Gasteiger partial charge in [-0.15, -0.1) is 35.3 Å². The number of guanidine groups is 1. The smallest absolute Gasteiger partial charge is 0.242 e. The maximum atomic E-state index is 12.6. The van der Waals surface area contributed by atoms with Crippen molar-refractivity contribution in [3.63, 3.8) is 0 Å². The summed E-state index contributed by atoms with van der Waals surface area (Å²) in [7, 11) is 1.68. The summed E-state index contributed by atoms with van der Waals surface area (Å²) >= 11 is 1.77. The molecule has 0 fully saturated rings. The molecule has 0 unspecified atom stereocenters. The highest BCUT2D eigenvalue weighted by atomic mass is 127. The van der Waals surface area contributed by atoms with Gasteiger partial charge >= 0.3 is 0 Å². The van der Waals surface area contributed by atoms with E-state index in [0.717, 1.165) is 30.8 Å². The Hall–Kier alpha value is -2.01. The summed E-state index contributed by atoms with van der Waals surface area (Å²) in [5, 5.41) is 8.40. The number of ether oxygens (including phenoxy) is 2. The molecule has 0 aliphatic carbocycles. The molecule has 0 saturated carbocycles. The molecular formula is C20H25IN4O3S. The van der Waals surface area contributed by atoms with Crippen LogP contribution in [0.4, 0.5) is 5.69 Å². The van der Waals surface area contributed by atoms with E-state index < -0.39 is 0 Å². The lowest BCUT2D eigenvalue weighted by Gasteiger charge is -2.27. The van der Waals surface area contributed by atoms with Gasteiger partial charge in [-0.2, -0.15) is 0 Å². The van der Waals surface area contributed by atoms with Gasteiger partial charge in [0, 0.05) is 43.2 Å². The van der Waals surface area contributed by atoms with Crippen molar-refractivity contribution in [1.82, 2.24) is 10.2 Å². The van der Waals surface area contributed by atoms with Gasteiger partial charge in [-0.05, 0) is 35.6 Å². The summed E-state index contributed by atoms with van der Waals surface area (Å²) in [6.07, 6.45) is 1.80. The highest BCUT2D eigenvalue weighted by molar-refractivity contribution is 14.0. The number of nitrogens with zero attached hydrogens (tertiary/aromatic N) is 2. The summed E-state index contributed by atoms with van der Waals surface area (Å²) < 4.78 is 11.4. The molecule has 3 heterocycles. The molecule has 0 bridgehead atoms. The Morgan fingerprint density at radius 2 is 2.07 bits per heavy atom. The number of carbonyl (C=O) groups excluding carboxylic acids is 1. The van der Waals surface area contributed by atoms with Crippen molar-refractivity contribution in [2.75, 3.05) is 38.7 Å². The van der Waals surface area contributed by atoms with Gasteiger partial charge in [-0.25, -0.2) is 0 Å². The van der Waals surface area contributed by atoms with Gasteiger partial charge in [0.2, 0.25) is 5.91 Å². The molecule has 0 spiro atoms. The highest BCUT2D eigenvalue weighted by Gasteiger charge is 2.21. The third kappa shape index (κ3) is 5.33. The van der Waals surface area contributed by atoms with E-state index in [1.807, 2.05) is 23.1 Å². The van der Waals surface area contributed by atoms with Gasteiger partial charge in [0.1, 0.15) is 0 Å². The van der Waals surface area contributed by atoms with Gasteiger partial charge in [0.25, 0.3) is 0 Å². The second-order valence-corrected chi connectivity index (χ2v) is 7.70. The average molecular weight is 528 g/mol. The van der Waals surface area contributed by atoms with Crippen molar-refractivity contribution in [2.45, 2.75) is 19.4 Å². The third-order valence-corrected chi connectivity index (χ3v) is 5.82. The standard InChI is InChI=1S/C20H24N4O3S.HI/c1-21-20(23-15-3-4-16-17(11-15)27-9-2-8-26-16)22-12-19(25)24-7-5-18-14(13-24)6-10-28-18;/h3-4,6,10-11H,2,5,7-9,12-13H2,1H3,(H2,21,22,23);1H. The molecule has 2 N–H and O–H groups in total. The van der Waals surface area contributed by atoms with E-state index in [1.54, 1.807) is 18.4 Å². The number of nitrogens with one attached hydrogen (secondary N) is 2. The van der Waals surface area contributed by atoms with E-state index in [1.165, 1.54) is 10.4 Å². The van der Waals surface area contributed by atoms with Crippen LogP contribution in [0.5, 0.6) is 11.5 Å². The molecule has 2 aliphatic heterocycles. The lowest BCUT2D eigenvalue weighted by molar-refractivity contribution is -0.130. The highest BCUT2D eigenvalue weighted by Crippen LogP contribution is 2.32. The van der Waals surface area contributed by atoms with Crippen LogP contribution in [0, 0.1) is 0 Å². The molecule has 7 nitrogen and oxygen atoms in total. The average Bonchev–Trinajstić information content (AvgIpc) is 3.07. The fraction of sp³-hybridized carbons (Fsp3) is 0.400. The first-order chi connectivity index (χ1) is 13.7. The molecule has 29 heavy (non-hydrogen) atoms. The molecule has 0 radical (unpaired) electrons. The van der Waals surface area contributed by atoms with Crippen molar-refractivity contribution in [2.24, 2.45) is 4.99 Å². The molecule has 0 atom stereocenters. The molecule has 2 aliphatic rings. The first-order valence-electron chi connectivity index (χ1n) is 9.43. The monoisotopic (exact) mass is 528 g/mol. The Bertz CT molecular complexity index is 886. The predicted molar refractivity (Wildman–Crippen MR) is 126 cm³/mol. The van der Waals surface area contributed by atoms with Crippen LogP contribution in [0.1, 0.15) is 16.9 Å². The van der Waals surface area contributed by atoms with E-state index in [0.29, 0.717) is 31.5 Å². The normalized spacial score (nSPS) is 15.6. The number of thiophene rings is 1. The van der Waals surface area contributed by atoms with Crippen LogP contribution in [-0.2, 0) is 17.8 Å². The molecule has 1 amide bonds. The molecule has 9 heteroatoms. The zero-order valence-corrected chi connectivity index (χ0v) is 19.4. The maximum absolute atomic E-state index is 12.6. The SMILES string of the molecule is CN=C(NCC(=O)N1CCc2sccc2C1)Nc1ccc2c(c1)OCCCO2.I. The minimum absolute atomic E-state index is 0. The van der Waals surface area contributed by atoms with Crippen LogP contribution in [0.25, 0.3) is 0 Å². The lowest BCUT2D eigenvalue weighted by atomic mass is 10.1. The zero-order valence-electron chi connectivity index (χ0n) is 16.3. The van der Waals surface area contributed by atoms with Crippen LogP contribution >= 0.6 is 35.3 Å². The van der Waals surface area contributed by atoms with Crippen molar-refractivity contribution >= 4 is 52.9 Å². The molecule has 1 aromatic carbocycles. The number of rotatable bonds is 3. The first kappa shape index (κ1) is 21.7. The number of amides is 1. The number of hydrogen-bond donors (Lipinski definition) is 2. The van der Waals surface area contributed by atoms with Gasteiger partial charge in [0.05, 0.1) is 19.8 Å². The molecule has 4 rings (SSSR count). The lowest BCUT2D eigenvalue weighted by Crippen LogP contribution is -2.43. The number of carbonyl (C=O) groups is 1. The molecule has 156 valence electrons. The third-order valence-electron chi connectivity index (χ3n) is 4.80. The van der Waals surface area contributed by atoms with Gasteiger partial charge < -0.3 is 25.0 Å². The second-order valence-electron chi connectivity index (χ2n) is 6.70. The minimum Gasteiger partial charge on any atom is -0.490 e. The Labute approximate surface area is 191 Å². The summed E-state index contributed by atoms with van der Waals surface area (Å²) in [5.41, 5.74) is 2.09. The summed E-state index contributed by atoms with van der Waals surface area (Å²) in [6, 6.07) is 7.79. The van der Waals surface area contributed by atoms with Gasteiger partial charge in [0.15, 0.2) is 17.5 Å². The molecule has 0 saturated heterocycles. The van der Waals surface area contributed by atoms with Crippen molar-refractivity contribution in [3.8, 4) is 11.5 Å². The fourth-order valence-corrected chi connectivity index (χ4v) is 4.18. The summed E-state index contributed by atoms with van der Waals surface area (Å²) in [4.78, 5) is 20.1. The Kier molecular flexibility index (Phi) is 7.59. The minimum atomic E-state index is 0. The predicted octanol–water partition coefficient (Wildman–Crippen LogP) is 3.10.